The van der Waals surface area contributed by atoms with E-state index in [9.17, 15) is 14.5 Å². The van der Waals surface area contributed by atoms with Crippen molar-refractivity contribution < 1.29 is 23.5 Å². The van der Waals surface area contributed by atoms with Crippen molar-refractivity contribution in [1.82, 2.24) is 5.32 Å². The fourth-order valence-electron chi connectivity index (χ4n) is 3.43. The first-order valence-electron chi connectivity index (χ1n) is 11.9. The van der Waals surface area contributed by atoms with Crippen molar-refractivity contribution in [3.05, 3.63) is 0 Å². The van der Waals surface area contributed by atoms with Gasteiger partial charge in [-0.15, -0.1) is 0 Å². The van der Waals surface area contributed by atoms with Crippen LogP contribution in [0.25, 0.3) is 0 Å². The van der Waals surface area contributed by atoms with Gasteiger partial charge < -0.3 is 10.4 Å². The number of carbonyl (C=O) groups is 1. The molecule has 0 bridgehead atoms. The fourth-order valence-corrected chi connectivity index (χ4v) is 5.36. The summed E-state index contributed by atoms with van der Waals surface area (Å²) >= 11 is 6.13. The Morgan fingerprint density at radius 1 is 0.935 bits per heavy atom. The van der Waals surface area contributed by atoms with Gasteiger partial charge in [0.15, 0.2) is 0 Å². The molecule has 0 radical (unpaired) electrons. The van der Waals surface area contributed by atoms with Crippen LogP contribution in [0.5, 0.6) is 0 Å². The zero-order chi connectivity index (χ0) is 23.4. The maximum atomic E-state index is 12.1. The van der Waals surface area contributed by atoms with Gasteiger partial charge in [-0.05, 0) is 6.42 Å². The van der Waals surface area contributed by atoms with Crippen LogP contribution >= 0.6 is 37.7 Å². The van der Waals surface area contributed by atoms with Crippen molar-refractivity contribution in [2.24, 2.45) is 0 Å². The molecule has 0 spiro atoms. The molecular weight excluding hydrogens is 549 g/mol. The van der Waals surface area contributed by atoms with Gasteiger partial charge in [-0.1, -0.05) is 106 Å². The Labute approximate surface area is 206 Å². The van der Waals surface area contributed by atoms with Crippen LogP contribution in [0.3, 0.4) is 0 Å². The summed E-state index contributed by atoms with van der Waals surface area (Å²) in [4.78, 5) is 11.4. The molecule has 1 amide bonds. The van der Waals surface area contributed by atoms with Gasteiger partial charge in [0.2, 0.25) is 5.91 Å². The largest absolute Gasteiger partial charge is 0.396 e. The molecular formula is C22H44Br2NO5P. The van der Waals surface area contributed by atoms with E-state index in [1.807, 2.05) is 0 Å². The van der Waals surface area contributed by atoms with Gasteiger partial charge in [-0.2, -0.15) is 0 Å². The predicted octanol–water partition coefficient (Wildman–Crippen LogP) is 7.26. The second-order valence-electron chi connectivity index (χ2n) is 8.15. The molecule has 9 heteroatoms. The number of unbranched alkanes of at least 4 members (excludes halogenated alkanes) is 12. The van der Waals surface area contributed by atoms with Gasteiger partial charge in [0.1, 0.15) is 0 Å². The Balaban J connectivity index is 3.89. The van der Waals surface area contributed by atoms with Gasteiger partial charge in [0.25, 0.3) is 0 Å². The fraction of sp³-hybridized carbons (Fsp3) is 0.955. The monoisotopic (exact) mass is 591 g/mol. The lowest BCUT2D eigenvalue weighted by Crippen LogP contribution is -2.45. The molecule has 0 aliphatic heterocycles. The Morgan fingerprint density at radius 3 is 1.87 bits per heavy atom. The van der Waals surface area contributed by atoms with Crippen LogP contribution in [0.4, 0.5) is 0 Å². The number of carbonyl (C=O) groups excluding carboxylic acids is 1. The minimum atomic E-state index is -3.39. The van der Waals surface area contributed by atoms with E-state index in [-0.39, 0.29) is 19.1 Å². The van der Waals surface area contributed by atoms with Crippen LogP contribution < -0.4 is 5.32 Å². The third-order valence-corrected chi connectivity index (χ3v) is 7.69. The molecule has 0 aromatic carbocycles. The molecule has 6 nitrogen and oxygen atoms in total. The lowest BCUT2D eigenvalue weighted by Gasteiger charge is -2.24. The lowest BCUT2D eigenvalue weighted by atomic mass is 10.0. The number of amides is 1. The first-order valence-corrected chi connectivity index (χ1v) is 16.6. The summed E-state index contributed by atoms with van der Waals surface area (Å²) in [6.45, 7) is 3.79. The van der Waals surface area contributed by atoms with Crippen molar-refractivity contribution in [2.75, 3.05) is 18.5 Å². The van der Waals surface area contributed by atoms with E-state index in [1.165, 1.54) is 77.6 Å². The highest BCUT2D eigenvalue weighted by Crippen LogP contribution is 2.56. The average Bonchev–Trinajstić information content (AvgIpc) is 2.72. The predicted molar refractivity (Wildman–Crippen MR) is 136 cm³/mol. The molecule has 1 unspecified atom stereocenters. The van der Waals surface area contributed by atoms with Gasteiger partial charge in [0, 0.05) is 27.7 Å². The van der Waals surface area contributed by atoms with Crippen molar-refractivity contribution >= 4 is 43.6 Å². The molecule has 31 heavy (non-hydrogen) atoms. The number of hydrogen-bond donors (Lipinski definition) is 2. The summed E-state index contributed by atoms with van der Waals surface area (Å²) in [7, 11) is 0. The third kappa shape index (κ3) is 20.9. The number of hydrogen-bond acceptors (Lipinski definition) is 5. The zero-order valence-corrected chi connectivity index (χ0v) is 23.5. The molecule has 186 valence electrons. The van der Waals surface area contributed by atoms with E-state index in [2.05, 4.69) is 43.7 Å². The molecule has 0 saturated carbocycles. The van der Waals surface area contributed by atoms with E-state index in [0.29, 0.717) is 11.8 Å². The van der Waals surface area contributed by atoms with E-state index in [4.69, 9.17) is 9.05 Å². The van der Waals surface area contributed by atoms with E-state index in [1.54, 1.807) is 0 Å². The molecule has 0 rings (SSSR count). The van der Waals surface area contributed by atoms with Crippen LogP contribution in [0.1, 0.15) is 104 Å². The summed E-state index contributed by atoms with van der Waals surface area (Å²) in [6.07, 6.45) is 12.9. The molecule has 0 fully saturated rings. The second-order valence-corrected chi connectivity index (χ2v) is 12.9. The maximum Gasteiger partial charge on any atom is 0.396 e. The number of nitrogens with one attached hydrogen (secondary N) is 1. The minimum absolute atomic E-state index is 0.0794. The summed E-state index contributed by atoms with van der Waals surface area (Å²) in [5.74, 6) is -0.260. The Kier molecular flexibility index (Phi) is 21.5. The summed E-state index contributed by atoms with van der Waals surface area (Å²) in [5.41, 5.74) is 0. The molecule has 0 saturated heterocycles. The van der Waals surface area contributed by atoms with Crippen LogP contribution in [0, 0.1) is 0 Å². The number of halogens is 2. The third-order valence-electron chi connectivity index (χ3n) is 5.19. The number of rotatable bonds is 22. The van der Waals surface area contributed by atoms with E-state index < -0.39 is 18.4 Å². The van der Waals surface area contributed by atoms with E-state index in [0.717, 1.165) is 12.8 Å². The number of aliphatic hydroxyl groups excluding tert-OH is 1. The molecule has 0 aliphatic rings. The van der Waals surface area contributed by atoms with Gasteiger partial charge in [0.05, 0.1) is 25.4 Å². The first-order chi connectivity index (χ1) is 14.8. The molecule has 0 aromatic heterocycles. The summed E-state index contributed by atoms with van der Waals surface area (Å²) in [5, 5.41) is 13.7. The number of alkyl halides is 1. The van der Waals surface area contributed by atoms with Crippen molar-refractivity contribution in [2.45, 2.75) is 116 Å². The van der Waals surface area contributed by atoms with E-state index >= 15 is 0 Å². The van der Waals surface area contributed by atoms with Crippen LogP contribution in [-0.2, 0) is 18.4 Å². The quantitative estimate of drug-likeness (QED) is 0.0784. The minimum Gasteiger partial charge on any atom is -0.391 e. The maximum absolute atomic E-state index is 12.1. The van der Waals surface area contributed by atoms with Crippen molar-refractivity contribution in [3.8, 4) is 0 Å². The standard InChI is InChI=1S/C22H44Br2NO5P/c1-3-4-5-6-7-8-9-10-11-12-13-14-15-16-22(27)21(25-20(2)26)19-30-31(24,28)29-18-17-23/h21-22,27H,3-19H2,1-2H3,(H,25,26)/t21-,22+,31?/m0/s1. The zero-order valence-electron chi connectivity index (χ0n) is 19.5. The average molecular weight is 593 g/mol. The molecule has 3 atom stereocenters. The summed E-state index contributed by atoms with van der Waals surface area (Å²) in [6, 6.07) is -0.617. The number of aliphatic hydroxyl groups is 1. The normalized spacial score (nSPS) is 15.4. The van der Waals surface area contributed by atoms with Gasteiger partial charge >= 0.3 is 6.30 Å². The van der Waals surface area contributed by atoms with Gasteiger partial charge in [-0.25, -0.2) is 4.57 Å². The Morgan fingerprint density at radius 2 is 1.42 bits per heavy atom. The Hall–Kier alpha value is 0.540. The van der Waals surface area contributed by atoms with Crippen molar-refractivity contribution in [3.63, 3.8) is 0 Å². The highest BCUT2D eigenvalue weighted by Gasteiger charge is 2.26. The highest BCUT2D eigenvalue weighted by atomic mass is 79.9. The lowest BCUT2D eigenvalue weighted by molar-refractivity contribution is -0.121. The SMILES string of the molecule is CCCCCCCCCCCCCCC[C@@H](O)[C@H](COP(=O)(Br)OCCBr)NC(C)=O. The van der Waals surface area contributed by atoms with Crippen LogP contribution in [0.15, 0.2) is 0 Å². The smallest absolute Gasteiger partial charge is 0.391 e. The highest BCUT2D eigenvalue weighted by molar-refractivity contribution is 9.39. The molecule has 0 heterocycles. The second kappa shape index (κ2) is 21.1. The van der Waals surface area contributed by atoms with Crippen LogP contribution in [0.2, 0.25) is 0 Å². The molecule has 2 N–H and O–H groups in total. The molecule has 0 aliphatic carbocycles. The topological polar surface area (TPSA) is 84.9 Å². The van der Waals surface area contributed by atoms with Gasteiger partial charge in [-0.3, -0.25) is 13.8 Å². The van der Waals surface area contributed by atoms with Crippen LogP contribution in [-0.4, -0.2) is 41.7 Å². The Bertz CT molecular complexity index is 485. The summed E-state index contributed by atoms with van der Waals surface area (Å²) < 4.78 is 22.5. The first kappa shape index (κ1) is 31.5. The molecule has 0 aromatic rings. The van der Waals surface area contributed by atoms with Crippen molar-refractivity contribution in [1.29, 1.82) is 0 Å².